The van der Waals surface area contributed by atoms with E-state index >= 15 is 0 Å². The number of rotatable bonds is 6. The van der Waals surface area contributed by atoms with Gasteiger partial charge in [-0.3, -0.25) is 0 Å². The molecule has 6 nitrogen and oxygen atoms in total. The average Bonchev–Trinajstić information content (AvgIpc) is 3.51. The topological polar surface area (TPSA) is 57.3 Å². The fourth-order valence-electron chi connectivity index (χ4n) is 5.75. The van der Waals surface area contributed by atoms with Crippen molar-refractivity contribution in [1.29, 1.82) is 5.26 Å². The molecule has 3 heterocycles. The van der Waals surface area contributed by atoms with Gasteiger partial charge in [-0.2, -0.15) is 24.1 Å². The minimum Gasteiger partial charge on any atom is -0.509 e. The van der Waals surface area contributed by atoms with Gasteiger partial charge in [0.15, 0.2) is 0 Å². The molecule has 7 heteroatoms. The van der Waals surface area contributed by atoms with E-state index in [0.29, 0.717) is 23.0 Å². The number of fused-ring (bicyclic) bond motifs is 4. The van der Waals surface area contributed by atoms with Crippen LogP contribution in [0.15, 0.2) is 91.1 Å². The molecular formula is C36H28N5OPt-3. The predicted octanol–water partition coefficient (Wildman–Crippen LogP) is 8.35. The van der Waals surface area contributed by atoms with Gasteiger partial charge in [0, 0.05) is 61.2 Å². The number of ether oxygens (including phenoxy) is 1. The summed E-state index contributed by atoms with van der Waals surface area (Å²) < 4.78 is 8.43. The summed E-state index contributed by atoms with van der Waals surface area (Å²) in [6.07, 6.45) is 2.81. The number of nitrogens with zero attached hydrogens (tertiary/aromatic N) is 5. The second-order valence-corrected chi connectivity index (χ2v) is 10.9. The van der Waals surface area contributed by atoms with Crippen molar-refractivity contribution in [2.24, 2.45) is 5.92 Å². The van der Waals surface area contributed by atoms with Gasteiger partial charge in [-0.05, 0) is 66.7 Å². The molecule has 2 aromatic heterocycles. The summed E-state index contributed by atoms with van der Waals surface area (Å²) in [6, 6.07) is 37.3. The van der Waals surface area contributed by atoms with Crippen LogP contribution in [0.3, 0.4) is 0 Å². The Labute approximate surface area is 266 Å². The number of aromatic nitrogens is 2. The van der Waals surface area contributed by atoms with Crippen LogP contribution in [0.2, 0.25) is 0 Å². The zero-order chi connectivity index (χ0) is 28.8. The van der Waals surface area contributed by atoms with E-state index in [-0.39, 0.29) is 21.1 Å². The quantitative estimate of drug-likeness (QED) is 0.161. The molecule has 1 aliphatic rings. The van der Waals surface area contributed by atoms with Crippen molar-refractivity contribution in [1.82, 2.24) is 9.55 Å². The number of nitriles is 1. The first kappa shape index (κ1) is 28.5. The average molecular weight is 742 g/mol. The Morgan fingerprint density at radius 3 is 2.53 bits per heavy atom. The van der Waals surface area contributed by atoms with Gasteiger partial charge in [-0.25, -0.2) is 4.98 Å². The fraction of sp³-hybridized carbons (Fsp3) is 0.139. The summed E-state index contributed by atoms with van der Waals surface area (Å²) in [5.74, 6) is 2.45. The molecule has 4 aromatic carbocycles. The van der Waals surface area contributed by atoms with Gasteiger partial charge in [0.05, 0.1) is 6.07 Å². The molecule has 0 radical (unpaired) electrons. The molecule has 0 fully saturated rings. The molecular weight excluding hydrogens is 714 g/mol. The van der Waals surface area contributed by atoms with Crippen LogP contribution in [0.4, 0.5) is 17.1 Å². The third-order valence-electron chi connectivity index (χ3n) is 7.52. The van der Waals surface area contributed by atoms with Crippen molar-refractivity contribution in [3.63, 3.8) is 0 Å². The maximum atomic E-state index is 9.94. The molecule has 0 N–H and O–H groups in total. The van der Waals surface area contributed by atoms with Crippen LogP contribution < -0.4 is 14.5 Å². The van der Waals surface area contributed by atoms with Crippen LogP contribution in [0.5, 0.6) is 11.5 Å². The summed E-state index contributed by atoms with van der Waals surface area (Å²) in [5, 5.41) is 11.7. The van der Waals surface area contributed by atoms with E-state index in [1.54, 1.807) is 0 Å². The van der Waals surface area contributed by atoms with Crippen molar-refractivity contribution < 1.29 is 25.8 Å². The van der Waals surface area contributed by atoms with Gasteiger partial charge in [0.1, 0.15) is 5.82 Å². The summed E-state index contributed by atoms with van der Waals surface area (Å²) in [7, 11) is 2.04. The van der Waals surface area contributed by atoms with Crippen LogP contribution in [-0.2, 0) is 27.5 Å². The van der Waals surface area contributed by atoms with E-state index in [2.05, 4.69) is 70.7 Å². The van der Waals surface area contributed by atoms with Crippen LogP contribution >= 0.6 is 0 Å². The van der Waals surface area contributed by atoms with Gasteiger partial charge in [0.25, 0.3) is 0 Å². The van der Waals surface area contributed by atoms with Gasteiger partial charge in [-0.1, -0.05) is 37.6 Å². The zero-order valence-corrected chi connectivity index (χ0v) is 26.3. The van der Waals surface area contributed by atoms with Crippen LogP contribution in [0.25, 0.3) is 27.6 Å². The predicted molar refractivity (Wildman–Crippen MR) is 167 cm³/mol. The number of pyridine rings is 1. The molecule has 216 valence electrons. The molecule has 0 spiro atoms. The molecule has 0 amide bonds. The minimum atomic E-state index is 0. The van der Waals surface area contributed by atoms with Crippen LogP contribution in [0.1, 0.15) is 25.0 Å². The van der Waals surface area contributed by atoms with Crippen molar-refractivity contribution >= 4 is 38.9 Å². The molecule has 6 aromatic rings. The van der Waals surface area contributed by atoms with Crippen molar-refractivity contribution in [2.45, 2.75) is 20.3 Å². The normalized spacial score (nSPS) is 12.4. The molecule has 0 unspecified atom stereocenters. The van der Waals surface area contributed by atoms with Crippen LogP contribution in [-0.4, -0.2) is 16.6 Å². The van der Waals surface area contributed by atoms with E-state index in [1.807, 2.05) is 80.6 Å². The number of para-hydroxylation sites is 2. The molecule has 0 bridgehead atoms. The molecule has 43 heavy (non-hydrogen) atoms. The monoisotopic (exact) mass is 741 g/mol. The van der Waals surface area contributed by atoms with Gasteiger partial charge < -0.3 is 19.1 Å². The van der Waals surface area contributed by atoms with Crippen molar-refractivity contribution in [2.75, 3.05) is 16.8 Å². The molecule has 0 saturated heterocycles. The first-order valence-corrected chi connectivity index (χ1v) is 14.0. The SMILES string of the molecule is CC(C)Cc1ccnc(-n2c3[c-]c(Oc4[c-]c(N5[CH-]N(C)c6ccccc65)ccc4)ccc3c3c(C#N)cccc32)c1.[Pt]. The smallest absolute Gasteiger partial charge is 0.135 e. The molecule has 0 saturated carbocycles. The van der Waals surface area contributed by atoms with E-state index < -0.39 is 0 Å². The van der Waals surface area contributed by atoms with E-state index in [1.165, 1.54) is 5.56 Å². The first-order chi connectivity index (χ1) is 20.5. The van der Waals surface area contributed by atoms with Crippen molar-refractivity contribution in [3.8, 4) is 23.4 Å². The molecule has 0 aliphatic carbocycles. The third-order valence-corrected chi connectivity index (χ3v) is 7.52. The Morgan fingerprint density at radius 2 is 1.72 bits per heavy atom. The Kier molecular flexibility index (Phi) is 7.69. The summed E-state index contributed by atoms with van der Waals surface area (Å²) in [5.41, 5.74) is 6.64. The van der Waals surface area contributed by atoms with Gasteiger partial charge in [0.2, 0.25) is 0 Å². The molecule has 1 aliphatic heterocycles. The van der Waals surface area contributed by atoms with E-state index in [4.69, 9.17) is 9.72 Å². The standard InChI is InChI=1S/C36H28N5O.Pt/c1-24(2)18-25-16-17-38-35(19-25)41-33-13-6-8-26(22-37)36(33)30-15-14-29(21-34(30)41)42-28-10-7-9-27(20-28)40-23-39(3)31-11-4-5-12-32(31)40;/h4-17,19,23-24H,18H2,1-3H3;/q-3;. The van der Waals surface area contributed by atoms with Crippen LogP contribution in [0, 0.1) is 36.1 Å². The third kappa shape index (κ3) is 5.15. The minimum absolute atomic E-state index is 0. The van der Waals surface area contributed by atoms with Gasteiger partial charge >= 0.3 is 0 Å². The molecule has 0 atom stereocenters. The Balaban J connectivity index is 0.00000329. The van der Waals surface area contributed by atoms with E-state index in [9.17, 15) is 5.26 Å². The zero-order valence-electron chi connectivity index (χ0n) is 24.0. The second kappa shape index (κ2) is 11.6. The summed E-state index contributed by atoms with van der Waals surface area (Å²) in [4.78, 5) is 8.94. The summed E-state index contributed by atoms with van der Waals surface area (Å²) in [6.45, 7) is 6.47. The molecule has 7 rings (SSSR count). The van der Waals surface area contributed by atoms with E-state index in [0.717, 1.165) is 51.1 Å². The maximum absolute atomic E-state index is 9.94. The number of hydrogen-bond donors (Lipinski definition) is 0. The van der Waals surface area contributed by atoms with Crippen molar-refractivity contribution in [3.05, 3.63) is 121 Å². The Bertz CT molecular complexity index is 2010. The second-order valence-electron chi connectivity index (χ2n) is 10.9. The largest absolute Gasteiger partial charge is 0.509 e. The number of anilines is 3. The first-order valence-electron chi connectivity index (χ1n) is 14.0. The Morgan fingerprint density at radius 1 is 0.930 bits per heavy atom. The van der Waals surface area contributed by atoms with Gasteiger partial charge in [-0.15, -0.1) is 41.4 Å². The summed E-state index contributed by atoms with van der Waals surface area (Å²) >= 11 is 0. The number of hydrogen-bond acceptors (Lipinski definition) is 5. The fourth-order valence-corrected chi connectivity index (χ4v) is 5.75. The maximum Gasteiger partial charge on any atom is 0.135 e. The number of benzene rings is 4. The Hall–Kier alpha value is -4.59.